The Morgan fingerprint density at radius 1 is 1.67 bits per heavy atom. The summed E-state index contributed by atoms with van der Waals surface area (Å²) in [6, 6.07) is 0.998. The van der Waals surface area contributed by atoms with Gasteiger partial charge in [-0.2, -0.15) is 0 Å². The highest BCUT2D eigenvalue weighted by Crippen LogP contribution is 2.18. The number of hydrogen-bond donors (Lipinski definition) is 1. The van der Waals surface area contributed by atoms with Gasteiger partial charge in [0.05, 0.1) is 14.7 Å². The quantitative estimate of drug-likeness (QED) is 0.512. The maximum Gasteiger partial charge on any atom is 0.322 e. The lowest BCUT2D eigenvalue weighted by Gasteiger charge is -2.12. The second-order valence-electron chi connectivity index (χ2n) is 4.05. The van der Waals surface area contributed by atoms with Crippen LogP contribution in [0.3, 0.4) is 0 Å². The summed E-state index contributed by atoms with van der Waals surface area (Å²) in [5, 5.41) is 3.22. The zero-order chi connectivity index (χ0) is 9.19. The van der Waals surface area contributed by atoms with Gasteiger partial charge in [-0.3, -0.25) is 4.79 Å². The van der Waals surface area contributed by atoms with E-state index in [1.807, 2.05) is 6.92 Å². The van der Waals surface area contributed by atoms with Crippen LogP contribution in [-0.2, 0) is 9.53 Å². The Balaban J connectivity index is 2.41. The number of esters is 1. The molecule has 0 amide bonds. The molecule has 0 aromatic carbocycles. The highest BCUT2D eigenvalue weighted by Gasteiger charge is 2.36. The minimum atomic E-state index is -1.11. The number of ether oxygens (including phenoxy) is 1. The fourth-order valence-corrected chi connectivity index (χ4v) is 3.87. The van der Waals surface area contributed by atoms with E-state index in [2.05, 4.69) is 18.4 Å². The van der Waals surface area contributed by atoms with Gasteiger partial charge in [-0.05, 0) is 19.1 Å². The second kappa shape index (κ2) is 3.58. The summed E-state index contributed by atoms with van der Waals surface area (Å²) in [5.74, 6) is -0.0735. The summed E-state index contributed by atoms with van der Waals surface area (Å²) < 4.78 is 4.94. The summed E-state index contributed by atoms with van der Waals surface area (Å²) in [7, 11) is -1.11. The molecule has 1 heterocycles. The molecule has 1 fully saturated rings. The Morgan fingerprint density at radius 2 is 2.33 bits per heavy atom. The zero-order valence-corrected chi connectivity index (χ0v) is 9.02. The van der Waals surface area contributed by atoms with Crippen molar-refractivity contribution in [1.82, 2.24) is 5.32 Å². The normalized spacial score (nSPS) is 27.1. The minimum absolute atomic E-state index is 0.0217. The van der Waals surface area contributed by atoms with Crippen molar-refractivity contribution >= 4 is 14.0 Å². The van der Waals surface area contributed by atoms with Crippen molar-refractivity contribution < 1.29 is 9.53 Å². The molecule has 12 heavy (non-hydrogen) atoms. The van der Waals surface area contributed by atoms with Gasteiger partial charge in [0.2, 0.25) is 0 Å². The van der Waals surface area contributed by atoms with E-state index < -0.39 is 8.07 Å². The third kappa shape index (κ3) is 2.32. The van der Waals surface area contributed by atoms with Crippen LogP contribution < -0.4 is 5.32 Å². The minimum Gasteiger partial charge on any atom is -0.465 e. The first-order chi connectivity index (χ1) is 5.55. The molecule has 0 radical (unpaired) electrons. The van der Waals surface area contributed by atoms with Crippen molar-refractivity contribution in [3.05, 3.63) is 0 Å². The van der Waals surface area contributed by atoms with E-state index >= 15 is 0 Å². The number of hydrogen-bond acceptors (Lipinski definition) is 3. The van der Waals surface area contributed by atoms with Crippen molar-refractivity contribution in [3.63, 3.8) is 0 Å². The predicted octanol–water partition coefficient (Wildman–Crippen LogP) is 0.769. The maximum absolute atomic E-state index is 11.3. The predicted molar refractivity (Wildman–Crippen MR) is 50.7 cm³/mol. The molecule has 1 aliphatic heterocycles. The number of carbonyl (C=O) groups is 1. The largest absolute Gasteiger partial charge is 0.465 e. The summed E-state index contributed by atoms with van der Waals surface area (Å²) in [5.41, 5.74) is 0. The first-order valence-electron chi connectivity index (χ1n) is 4.45. The molecule has 0 aliphatic carbocycles. The molecule has 0 aromatic heterocycles. The van der Waals surface area contributed by atoms with E-state index in [0.717, 1.165) is 12.2 Å². The summed E-state index contributed by atoms with van der Waals surface area (Å²) >= 11 is 0. The fraction of sp³-hybridized carbons (Fsp3) is 0.875. The SMILES string of the molecule is CCOC(=O)C1C[Si](C)(C)CN1. The fourth-order valence-electron chi connectivity index (χ4n) is 1.51. The summed E-state index contributed by atoms with van der Waals surface area (Å²) in [6.07, 6.45) is 1.04. The van der Waals surface area contributed by atoms with Gasteiger partial charge < -0.3 is 10.1 Å². The smallest absolute Gasteiger partial charge is 0.322 e. The van der Waals surface area contributed by atoms with E-state index in [0.29, 0.717) is 6.61 Å². The van der Waals surface area contributed by atoms with Crippen LogP contribution in [0.5, 0.6) is 0 Å². The van der Waals surface area contributed by atoms with E-state index in [1.54, 1.807) is 0 Å². The molecule has 70 valence electrons. The lowest BCUT2D eigenvalue weighted by Crippen LogP contribution is -2.32. The van der Waals surface area contributed by atoms with Crippen LogP contribution in [0, 0.1) is 0 Å². The van der Waals surface area contributed by atoms with Gasteiger partial charge in [0.15, 0.2) is 0 Å². The summed E-state index contributed by atoms with van der Waals surface area (Å²) in [4.78, 5) is 11.3. The molecular formula is C8H17NO2Si. The topological polar surface area (TPSA) is 38.3 Å². The number of rotatable bonds is 2. The highest BCUT2D eigenvalue weighted by molar-refractivity contribution is 6.78. The number of carbonyl (C=O) groups excluding carboxylic acids is 1. The van der Waals surface area contributed by atoms with Gasteiger partial charge in [0, 0.05) is 0 Å². The third-order valence-electron chi connectivity index (χ3n) is 2.15. The molecule has 1 saturated heterocycles. The molecule has 1 rings (SSSR count). The molecule has 0 saturated carbocycles. The van der Waals surface area contributed by atoms with Crippen LogP contribution in [0.25, 0.3) is 0 Å². The molecule has 0 bridgehead atoms. The molecular weight excluding hydrogens is 170 g/mol. The van der Waals surface area contributed by atoms with Crippen molar-refractivity contribution in [1.29, 1.82) is 0 Å². The Hall–Kier alpha value is -0.353. The first kappa shape index (κ1) is 9.73. The van der Waals surface area contributed by atoms with Crippen LogP contribution in [0.4, 0.5) is 0 Å². The standard InChI is InChI=1S/C8H17NO2Si/c1-4-11-8(10)7-5-12(2,3)6-9-7/h7,9H,4-6H2,1-3H3. The van der Waals surface area contributed by atoms with Crippen molar-refractivity contribution in [2.24, 2.45) is 0 Å². The van der Waals surface area contributed by atoms with Crippen LogP contribution >= 0.6 is 0 Å². The average molecular weight is 187 g/mol. The molecule has 1 N–H and O–H groups in total. The lowest BCUT2D eigenvalue weighted by atomic mass is 10.3. The Morgan fingerprint density at radius 3 is 2.75 bits per heavy atom. The van der Waals surface area contributed by atoms with Gasteiger partial charge >= 0.3 is 5.97 Å². The molecule has 1 unspecified atom stereocenters. The molecule has 0 spiro atoms. The van der Waals surface area contributed by atoms with Gasteiger partial charge in [-0.25, -0.2) is 0 Å². The second-order valence-corrected chi connectivity index (χ2v) is 9.14. The molecule has 4 heteroatoms. The van der Waals surface area contributed by atoms with Gasteiger partial charge in [0.25, 0.3) is 0 Å². The molecule has 1 atom stereocenters. The molecule has 3 nitrogen and oxygen atoms in total. The maximum atomic E-state index is 11.3. The average Bonchev–Trinajstić information content (AvgIpc) is 2.31. The van der Waals surface area contributed by atoms with Crippen molar-refractivity contribution in [3.8, 4) is 0 Å². The molecule has 0 aromatic rings. The van der Waals surface area contributed by atoms with E-state index in [-0.39, 0.29) is 12.0 Å². The lowest BCUT2D eigenvalue weighted by molar-refractivity contribution is -0.144. The Kier molecular flexibility index (Phi) is 2.90. The Bertz CT molecular complexity index is 182. The van der Waals surface area contributed by atoms with Crippen LogP contribution in [0.2, 0.25) is 19.1 Å². The zero-order valence-electron chi connectivity index (χ0n) is 8.02. The van der Waals surface area contributed by atoms with Gasteiger partial charge in [-0.1, -0.05) is 13.1 Å². The first-order valence-corrected chi connectivity index (χ1v) is 7.86. The highest BCUT2D eigenvalue weighted by atomic mass is 28.3. The monoisotopic (exact) mass is 187 g/mol. The van der Waals surface area contributed by atoms with Crippen molar-refractivity contribution in [2.45, 2.75) is 32.1 Å². The van der Waals surface area contributed by atoms with Crippen molar-refractivity contribution in [2.75, 3.05) is 12.8 Å². The number of nitrogens with one attached hydrogen (secondary N) is 1. The van der Waals surface area contributed by atoms with E-state index in [9.17, 15) is 4.79 Å². The summed E-state index contributed by atoms with van der Waals surface area (Å²) in [6.45, 7) is 6.91. The van der Waals surface area contributed by atoms with E-state index in [1.165, 1.54) is 0 Å². The third-order valence-corrected chi connectivity index (χ3v) is 4.83. The van der Waals surface area contributed by atoms with Gasteiger partial charge in [-0.15, -0.1) is 0 Å². The van der Waals surface area contributed by atoms with Crippen LogP contribution in [0.15, 0.2) is 0 Å². The van der Waals surface area contributed by atoms with Crippen LogP contribution in [0.1, 0.15) is 6.92 Å². The van der Waals surface area contributed by atoms with E-state index in [4.69, 9.17) is 4.74 Å². The van der Waals surface area contributed by atoms with Gasteiger partial charge in [0.1, 0.15) is 6.04 Å². The molecule has 1 aliphatic rings. The van der Waals surface area contributed by atoms with Crippen LogP contribution in [-0.4, -0.2) is 32.9 Å². The Labute approximate surface area is 74.5 Å².